The van der Waals surface area contributed by atoms with Crippen LogP contribution in [0.1, 0.15) is 11.1 Å². The van der Waals surface area contributed by atoms with E-state index in [1.54, 1.807) is 10.9 Å². The molecule has 0 saturated heterocycles. The molecule has 2 aromatic heterocycles. The Morgan fingerprint density at radius 3 is 2.82 bits per heavy atom. The number of nitrogen functional groups attached to an aromatic ring is 1. The summed E-state index contributed by atoms with van der Waals surface area (Å²) in [5.41, 5.74) is 10.1. The number of rotatable bonds is 3. The van der Waals surface area contributed by atoms with Crippen LogP contribution in [0.2, 0.25) is 0 Å². The van der Waals surface area contributed by atoms with Gasteiger partial charge in [-0.2, -0.15) is 5.10 Å². The van der Waals surface area contributed by atoms with Gasteiger partial charge in [0.15, 0.2) is 5.65 Å². The highest BCUT2D eigenvalue weighted by atomic mass is 79.9. The number of allylic oxidation sites excluding steroid dienone is 2. The number of anilines is 1. The van der Waals surface area contributed by atoms with E-state index < -0.39 is 0 Å². The minimum Gasteiger partial charge on any atom is -0.459 e. The van der Waals surface area contributed by atoms with Gasteiger partial charge in [-0.25, -0.2) is 14.6 Å². The smallest absolute Gasteiger partial charge is 0.163 e. The fourth-order valence-electron chi connectivity index (χ4n) is 3.46. The number of aromatic nitrogens is 4. The van der Waals surface area contributed by atoms with E-state index in [-0.39, 0.29) is 0 Å². The molecule has 0 amide bonds. The Morgan fingerprint density at radius 2 is 1.96 bits per heavy atom. The number of hydrogen-bond donors (Lipinski definition) is 1. The first kappa shape index (κ1) is 16.9. The third kappa shape index (κ3) is 2.93. The Kier molecular flexibility index (Phi) is 4.09. The van der Waals surface area contributed by atoms with Crippen LogP contribution < -0.4 is 10.5 Å². The maximum Gasteiger partial charge on any atom is 0.163 e. The lowest BCUT2D eigenvalue weighted by Crippen LogP contribution is -2.16. The molecular weight excluding hydrogens is 418 g/mol. The second kappa shape index (κ2) is 6.76. The number of nitrogens with two attached hydrogens (primary N) is 1. The molecule has 0 bridgehead atoms. The van der Waals surface area contributed by atoms with Crippen molar-refractivity contribution in [2.45, 2.75) is 13.0 Å². The van der Waals surface area contributed by atoms with E-state index in [4.69, 9.17) is 10.5 Å². The summed E-state index contributed by atoms with van der Waals surface area (Å²) in [5.74, 6) is 2.14. The van der Waals surface area contributed by atoms with Crippen molar-refractivity contribution in [1.82, 2.24) is 19.7 Å². The van der Waals surface area contributed by atoms with Gasteiger partial charge >= 0.3 is 0 Å². The third-order valence-corrected chi connectivity index (χ3v) is 5.33. The first-order valence-electron chi connectivity index (χ1n) is 8.85. The number of fused-ring (bicyclic) bond motifs is 2. The monoisotopic (exact) mass is 433 g/mol. The van der Waals surface area contributed by atoms with Crippen LogP contribution in [0.15, 0.2) is 71.3 Å². The second-order valence-electron chi connectivity index (χ2n) is 6.60. The van der Waals surface area contributed by atoms with Crippen molar-refractivity contribution in [3.63, 3.8) is 0 Å². The molecule has 28 heavy (non-hydrogen) atoms. The number of benzene rings is 2. The topological polar surface area (TPSA) is 78.9 Å². The molecule has 6 nitrogen and oxygen atoms in total. The highest BCUT2D eigenvalue weighted by molar-refractivity contribution is 9.10. The van der Waals surface area contributed by atoms with Crippen molar-refractivity contribution in [2.24, 2.45) is 0 Å². The van der Waals surface area contributed by atoms with Gasteiger partial charge in [0.25, 0.3) is 0 Å². The molecule has 0 atom stereocenters. The van der Waals surface area contributed by atoms with Crippen LogP contribution in [0.5, 0.6) is 5.75 Å². The van der Waals surface area contributed by atoms with E-state index in [1.807, 2.05) is 30.3 Å². The molecule has 1 aliphatic rings. The molecule has 7 heteroatoms. The zero-order chi connectivity index (χ0) is 19.1. The summed E-state index contributed by atoms with van der Waals surface area (Å²) < 4.78 is 9.17. The van der Waals surface area contributed by atoms with E-state index in [1.165, 1.54) is 6.33 Å². The summed E-state index contributed by atoms with van der Waals surface area (Å²) in [7, 11) is 0. The quantitative estimate of drug-likeness (QED) is 0.523. The summed E-state index contributed by atoms with van der Waals surface area (Å²) in [6.45, 7) is 0.458. The predicted molar refractivity (Wildman–Crippen MR) is 112 cm³/mol. The minimum atomic E-state index is 0.424. The molecule has 1 aliphatic heterocycles. The average molecular weight is 434 g/mol. The van der Waals surface area contributed by atoms with Crippen LogP contribution in [-0.2, 0) is 13.0 Å². The van der Waals surface area contributed by atoms with E-state index in [0.29, 0.717) is 18.0 Å². The molecule has 5 rings (SSSR count). The van der Waals surface area contributed by atoms with Gasteiger partial charge in [0.2, 0.25) is 0 Å². The molecule has 0 radical (unpaired) electrons. The third-order valence-electron chi connectivity index (χ3n) is 4.84. The largest absolute Gasteiger partial charge is 0.459 e. The second-order valence-corrected chi connectivity index (χ2v) is 7.51. The fraction of sp³-hybridized carbons (Fsp3) is 0.0952. The molecule has 4 aromatic rings. The number of nitrogens with zero attached hydrogens (tertiary/aromatic N) is 4. The molecule has 2 aromatic carbocycles. The van der Waals surface area contributed by atoms with Crippen molar-refractivity contribution < 1.29 is 4.74 Å². The minimum absolute atomic E-state index is 0.424. The van der Waals surface area contributed by atoms with Gasteiger partial charge in [-0.3, -0.25) is 0 Å². The zero-order valence-corrected chi connectivity index (χ0v) is 16.4. The van der Waals surface area contributed by atoms with Crippen LogP contribution in [0.25, 0.3) is 16.6 Å². The van der Waals surface area contributed by atoms with Gasteiger partial charge in [-0.05, 0) is 23.8 Å². The first-order chi connectivity index (χ1) is 13.7. The van der Waals surface area contributed by atoms with Crippen molar-refractivity contribution >= 4 is 38.4 Å². The summed E-state index contributed by atoms with van der Waals surface area (Å²) in [4.78, 5) is 8.38. The van der Waals surface area contributed by atoms with Gasteiger partial charge in [0.1, 0.15) is 30.2 Å². The van der Waals surface area contributed by atoms with Crippen molar-refractivity contribution in [1.29, 1.82) is 0 Å². The van der Waals surface area contributed by atoms with Crippen LogP contribution in [0.3, 0.4) is 0 Å². The van der Waals surface area contributed by atoms with E-state index in [0.717, 1.165) is 44.5 Å². The SMILES string of the molecule is Nc1ncnc2c1cnn2CC1=C(c2ccccc2)Cc2cc(Br)ccc2O1. The van der Waals surface area contributed by atoms with Crippen molar-refractivity contribution in [3.8, 4) is 5.75 Å². The van der Waals surface area contributed by atoms with E-state index in [2.05, 4.69) is 49.2 Å². The summed E-state index contributed by atoms with van der Waals surface area (Å²) in [6.07, 6.45) is 3.93. The molecule has 138 valence electrons. The first-order valence-corrected chi connectivity index (χ1v) is 9.64. The highest BCUT2D eigenvalue weighted by Gasteiger charge is 2.22. The lowest BCUT2D eigenvalue weighted by molar-refractivity contribution is 0.376. The van der Waals surface area contributed by atoms with Gasteiger partial charge < -0.3 is 10.5 Å². The summed E-state index contributed by atoms with van der Waals surface area (Å²) in [5, 5.41) is 5.20. The Bertz CT molecular complexity index is 1220. The molecular formula is C21H16BrN5O. The van der Waals surface area contributed by atoms with Crippen molar-refractivity contribution in [2.75, 3.05) is 5.73 Å². The number of hydrogen-bond acceptors (Lipinski definition) is 5. The van der Waals surface area contributed by atoms with Crippen LogP contribution >= 0.6 is 15.9 Å². The van der Waals surface area contributed by atoms with Crippen LogP contribution in [0, 0.1) is 0 Å². The Labute approximate surface area is 169 Å². The molecule has 0 spiro atoms. The van der Waals surface area contributed by atoms with Crippen LogP contribution in [-0.4, -0.2) is 19.7 Å². The molecule has 3 heterocycles. The molecule has 0 saturated carbocycles. The molecule has 0 fully saturated rings. The number of halogens is 1. The van der Waals surface area contributed by atoms with E-state index in [9.17, 15) is 0 Å². The summed E-state index contributed by atoms with van der Waals surface area (Å²) in [6, 6.07) is 16.4. The fourth-order valence-corrected chi connectivity index (χ4v) is 3.87. The lowest BCUT2D eigenvalue weighted by atomic mass is 9.94. The Morgan fingerprint density at radius 1 is 1.11 bits per heavy atom. The maximum absolute atomic E-state index is 6.33. The van der Waals surface area contributed by atoms with Crippen LogP contribution in [0.4, 0.5) is 5.82 Å². The van der Waals surface area contributed by atoms with Crippen molar-refractivity contribution in [3.05, 3.63) is 82.4 Å². The standard InChI is InChI=1S/C21H16BrN5O/c22-15-6-7-18-14(8-15)9-16(13-4-2-1-3-5-13)19(28-18)11-27-21-17(10-26-27)20(23)24-12-25-21/h1-8,10,12H,9,11H2,(H2,23,24,25). The van der Waals surface area contributed by atoms with Gasteiger partial charge in [-0.1, -0.05) is 46.3 Å². The number of ether oxygens (including phenoxy) is 1. The maximum atomic E-state index is 6.33. The van der Waals surface area contributed by atoms with Gasteiger partial charge in [-0.15, -0.1) is 0 Å². The molecule has 0 aliphatic carbocycles. The lowest BCUT2D eigenvalue weighted by Gasteiger charge is -2.24. The Balaban J connectivity index is 1.61. The normalized spacial score (nSPS) is 13.5. The predicted octanol–water partition coefficient (Wildman–Crippen LogP) is 4.22. The average Bonchev–Trinajstić information content (AvgIpc) is 3.12. The van der Waals surface area contributed by atoms with Gasteiger partial charge in [0.05, 0.1) is 11.6 Å². The zero-order valence-electron chi connectivity index (χ0n) is 14.8. The molecule has 0 unspecified atom stereocenters. The Hall–Kier alpha value is -3.19. The summed E-state index contributed by atoms with van der Waals surface area (Å²) >= 11 is 3.55. The van der Waals surface area contributed by atoms with Gasteiger partial charge in [0, 0.05) is 22.0 Å². The van der Waals surface area contributed by atoms with E-state index >= 15 is 0 Å². The highest BCUT2D eigenvalue weighted by Crippen LogP contribution is 2.37. The molecule has 2 N–H and O–H groups in total.